The lowest BCUT2D eigenvalue weighted by Crippen LogP contribution is -2.48. The fourth-order valence-electron chi connectivity index (χ4n) is 2.15. The number of hydrogen-bond acceptors (Lipinski definition) is 3. The summed E-state index contributed by atoms with van der Waals surface area (Å²) in [6, 6.07) is 8.69. The van der Waals surface area contributed by atoms with E-state index in [0.717, 1.165) is 12.0 Å². The quantitative estimate of drug-likeness (QED) is 0.615. The molecule has 0 aliphatic carbocycles. The maximum atomic E-state index is 12.2. The van der Waals surface area contributed by atoms with Gasteiger partial charge in [-0.2, -0.15) is 0 Å². The number of imide groups is 1. The molecule has 1 aromatic carbocycles. The lowest BCUT2D eigenvalue weighted by molar-refractivity contribution is -0.126. The van der Waals surface area contributed by atoms with Gasteiger partial charge in [-0.1, -0.05) is 44.2 Å². The smallest absolute Gasteiger partial charge is 0.322 e. The van der Waals surface area contributed by atoms with Crippen LogP contribution in [0.4, 0.5) is 4.79 Å². The fourth-order valence-corrected chi connectivity index (χ4v) is 2.15. The van der Waals surface area contributed by atoms with Gasteiger partial charge in [-0.25, -0.2) is 4.79 Å². The largest absolute Gasteiger partial charge is 0.378 e. The minimum atomic E-state index is -1.12. The number of rotatable bonds is 6. The van der Waals surface area contributed by atoms with Crippen molar-refractivity contribution in [1.82, 2.24) is 10.6 Å². The Morgan fingerprint density at radius 3 is 2.45 bits per heavy atom. The standard InChI is InChI=1S/C15H20N2O3/c1-11(2)8-9-20-10-15(12-6-4-3-5-7-12)13(18)16-14(19)17-15/h3-7,11H,8-10H2,1-2H3,(H2,16,17,18,19). The zero-order chi connectivity index (χ0) is 14.6. The fraction of sp³-hybridized carbons (Fsp3) is 0.467. The summed E-state index contributed by atoms with van der Waals surface area (Å²) in [6.45, 7) is 4.93. The van der Waals surface area contributed by atoms with Crippen molar-refractivity contribution in [1.29, 1.82) is 0 Å². The molecule has 1 aliphatic heterocycles. The Labute approximate surface area is 118 Å². The lowest BCUT2D eigenvalue weighted by Gasteiger charge is -2.26. The van der Waals surface area contributed by atoms with Gasteiger partial charge in [0.2, 0.25) is 0 Å². The minimum absolute atomic E-state index is 0.140. The number of nitrogens with one attached hydrogen (secondary N) is 2. The van der Waals surface area contributed by atoms with Crippen LogP contribution in [0.5, 0.6) is 0 Å². The second kappa shape index (κ2) is 6.05. The summed E-state index contributed by atoms with van der Waals surface area (Å²) in [4.78, 5) is 23.6. The van der Waals surface area contributed by atoms with Crippen molar-refractivity contribution in [3.05, 3.63) is 35.9 Å². The molecule has 0 bridgehead atoms. The number of carbonyl (C=O) groups excluding carboxylic acids is 2. The Balaban J connectivity index is 2.14. The molecule has 0 saturated carbocycles. The number of carbonyl (C=O) groups is 2. The molecule has 5 nitrogen and oxygen atoms in total. The van der Waals surface area contributed by atoms with Crippen LogP contribution in [0, 0.1) is 5.92 Å². The normalized spacial score (nSPS) is 21.9. The van der Waals surface area contributed by atoms with Crippen molar-refractivity contribution in [3.8, 4) is 0 Å². The second-order valence-corrected chi connectivity index (χ2v) is 5.41. The molecule has 1 aliphatic rings. The summed E-state index contributed by atoms with van der Waals surface area (Å²) in [5.74, 6) is 0.174. The molecule has 1 saturated heterocycles. The van der Waals surface area contributed by atoms with Crippen LogP contribution in [-0.4, -0.2) is 25.2 Å². The Morgan fingerprint density at radius 1 is 1.20 bits per heavy atom. The van der Waals surface area contributed by atoms with Crippen molar-refractivity contribution in [2.45, 2.75) is 25.8 Å². The predicted molar refractivity (Wildman–Crippen MR) is 75.1 cm³/mol. The van der Waals surface area contributed by atoms with Crippen LogP contribution in [0.1, 0.15) is 25.8 Å². The monoisotopic (exact) mass is 276 g/mol. The first-order chi connectivity index (χ1) is 9.54. The van der Waals surface area contributed by atoms with E-state index in [1.54, 1.807) is 0 Å². The molecule has 2 N–H and O–H groups in total. The van der Waals surface area contributed by atoms with Gasteiger partial charge in [0, 0.05) is 6.61 Å². The number of ether oxygens (including phenoxy) is 1. The second-order valence-electron chi connectivity index (χ2n) is 5.41. The van der Waals surface area contributed by atoms with Gasteiger partial charge < -0.3 is 10.1 Å². The Kier molecular flexibility index (Phi) is 4.39. The Morgan fingerprint density at radius 2 is 1.90 bits per heavy atom. The highest BCUT2D eigenvalue weighted by Gasteiger charge is 2.47. The van der Waals surface area contributed by atoms with E-state index in [1.165, 1.54) is 0 Å². The molecule has 1 heterocycles. The van der Waals surface area contributed by atoms with E-state index in [2.05, 4.69) is 24.5 Å². The zero-order valence-electron chi connectivity index (χ0n) is 11.8. The molecule has 0 spiro atoms. The van der Waals surface area contributed by atoms with Crippen LogP contribution in [0.2, 0.25) is 0 Å². The average Bonchev–Trinajstić information content (AvgIpc) is 2.71. The summed E-state index contributed by atoms with van der Waals surface area (Å²) >= 11 is 0. The van der Waals surface area contributed by atoms with Gasteiger partial charge in [0.05, 0.1) is 6.61 Å². The molecular formula is C15H20N2O3. The van der Waals surface area contributed by atoms with Crippen LogP contribution in [0.25, 0.3) is 0 Å². The SMILES string of the molecule is CC(C)CCOCC1(c2ccccc2)NC(=O)NC1=O. The molecule has 3 amide bonds. The van der Waals surface area contributed by atoms with E-state index >= 15 is 0 Å². The highest BCUT2D eigenvalue weighted by Crippen LogP contribution is 2.25. The molecule has 20 heavy (non-hydrogen) atoms. The number of urea groups is 1. The molecule has 2 rings (SSSR count). The van der Waals surface area contributed by atoms with Crippen molar-refractivity contribution in [2.75, 3.05) is 13.2 Å². The van der Waals surface area contributed by atoms with E-state index in [1.807, 2.05) is 30.3 Å². The number of benzene rings is 1. The summed E-state index contributed by atoms with van der Waals surface area (Å²) < 4.78 is 5.63. The molecule has 1 fully saturated rings. The average molecular weight is 276 g/mol. The first-order valence-electron chi connectivity index (χ1n) is 6.81. The highest BCUT2D eigenvalue weighted by atomic mass is 16.5. The van der Waals surface area contributed by atoms with E-state index in [-0.39, 0.29) is 12.5 Å². The van der Waals surface area contributed by atoms with Gasteiger partial charge in [0.25, 0.3) is 5.91 Å². The summed E-state index contributed by atoms with van der Waals surface area (Å²) in [7, 11) is 0. The van der Waals surface area contributed by atoms with Crippen molar-refractivity contribution >= 4 is 11.9 Å². The van der Waals surface area contributed by atoms with Crippen molar-refractivity contribution in [2.24, 2.45) is 5.92 Å². The van der Waals surface area contributed by atoms with E-state index in [4.69, 9.17) is 4.74 Å². The van der Waals surface area contributed by atoms with E-state index in [0.29, 0.717) is 12.5 Å². The molecule has 108 valence electrons. The minimum Gasteiger partial charge on any atom is -0.378 e. The van der Waals surface area contributed by atoms with Gasteiger partial charge in [-0.15, -0.1) is 0 Å². The Bertz CT molecular complexity index is 487. The van der Waals surface area contributed by atoms with Crippen molar-refractivity contribution in [3.63, 3.8) is 0 Å². The molecule has 1 aromatic rings. The van der Waals surface area contributed by atoms with Crippen LogP contribution < -0.4 is 10.6 Å². The topological polar surface area (TPSA) is 67.4 Å². The zero-order valence-corrected chi connectivity index (χ0v) is 11.8. The number of amides is 3. The lowest BCUT2D eigenvalue weighted by atomic mass is 9.91. The van der Waals surface area contributed by atoms with Gasteiger partial charge in [0.15, 0.2) is 5.54 Å². The number of hydrogen-bond donors (Lipinski definition) is 2. The molecule has 0 aromatic heterocycles. The van der Waals surface area contributed by atoms with Gasteiger partial charge in [-0.3, -0.25) is 10.1 Å². The van der Waals surface area contributed by atoms with Crippen LogP contribution >= 0.6 is 0 Å². The van der Waals surface area contributed by atoms with E-state index in [9.17, 15) is 9.59 Å². The van der Waals surface area contributed by atoms with Gasteiger partial charge in [-0.05, 0) is 17.9 Å². The van der Waals surface area contributed by atoms with Crippen LogP contribution in [0.15, 0.2) is 30.3 Å². The molecular weight excluding hydrogens is 256 g/mol. The predicted octanol–water partition coefficient (Wildman–Crippen LogP) is 1.78. The Hall–Kier alpha value is -1.88. The van der Waals surface area contributed by atoms with E-state index < -0.39 is 11.6 Å². The first kappa shape index (κ1) is 14.5. The molecule has 1 unspecified atom stereocenters. The summed E-state index contributed by atoms with van der Waals surface area (Å²) in [6.07, 6.45) is 0.917. The maximum Gasteiger partial charge on any atom is 0.322 e. The highest BCUT2D eigenvalue weighted by molar-refractivity contribution is 6.07. The molecule has 0 radical (unpaired) electrons. The summed E-state index contributed by atoms with van der Waals surface area (Å²) in [5, 5.41) is 4.98. The first-order valence-corrected chi connectivity index (χ1v) is 6.81. The third kappa shape index (κ3) is 2.99. The molecule has 1 atom stereocenters. The molecule has 5 heteroatoms. The van der Waals surface area contributed by atoms with Crippen LogP contribution in [-0.2, 0) is 15.1 Å². The maximum absolute atomic E-state index is 12.2. The van der Waals surface area contributed by atoms with Gasteiger partial charge >= 0.3 is 6.03 Å². The third-order valence-corrected chi connectivity index (χ3v) is 3.37. The third-order valence-electron chi connectivity index (χ3n) is 3.37. The van der Waals surface area contributed by atoms with Crippen LogP contribution in [0.3, 0.4) is 0 Å². The van der Waals surface area contributed by atoms with Crippen molar-refractivity contribution < 1.29 is 14.3 Å². The summed E-state index contributed by atoms with van der Waals surface area (Å²) in [5.41, 5.74) is -0.386. The van der Waals surface area contributed by atoms with Gasteiger partial charge in [0.1, 0.15) is 0 Å².